The molecule has 1 atom stereocenters. The lowest BCUT2D eigenvalue weighted by Gasteiger charge is -2.08. The van der Waals surface area contributed by atoms with E-state index in [4.69, 9.17) is 5.73 Å². The third-order valence-corrected chi connectivity index (χ3v) is 2.79. The summed E-state index contributed by atoms with van der Waals surface area (Å²) in [7, 11) is 0. The molecule has 22 heavy (non-hydrogen) atoms. The summed E-state index contributed by atoms with van der Waals surface area (Å²) in [6.45, 7) is 13.5. The van der Waals surface area contributed by atoms with Crippen molar-refractivity contribution in [2.75, 3.05) is 0 Å². The van der Waals surface area contributed by atoms with E-state index in [-0.39, 0.29) is 11.8 Å². The smallest absolute Gasteiger partial charge is 0.146 e. The molecule has 0 amide bonds. The fourth-order valence-electron chi connectivity index (χ4n) is 1.76. The molecule has 2 aromatic carbocycles. The minimum absolute atomic E-state index is 0.0353. The molecule has 124 valence electrons. The molecule has 0 aliphatic carbocycles. The number of carbonyl (C=O) groups excluding carboxylic acids is 1. The van der Waals surface area contributed by atoms with Crippen molar-refractivity contribution in [1.82, 2.24) is 0 Å². The van der Waals surface area contributed by atoms with Crippen molar-refractivity contribution in [1.29, 1.82) is 0 Å². The molecule has 2 nitrogen and oxygen atoms in total. The molecule has 0 bridgehead atoms. The molecule has 0 aromatic heterocycles. The van der Waals surface area contributed by atoms with Crippen LogP contribution in [0.2, 0.25) is 0 Å². The largest absolute Gasteiger partial charge is 0.321 e. The van der Waals surface area contributed by atoms with Crippen LogP contribution in [-0.2, 0) is 11.2 Å². The Kier molecular flexibility index (Phi) is 14.7. The Labute approximate surface area is 136 Å². The van der Waals surface area contributed by atoms with Gasteiger partial charge in [-0.1, -0.05) is 84.0 Å². The van der Waals surface area contributed by atoms with Crippen molar-refractivity contribution in [2.24, 2.45) is 5.73 Å². The molecular weight excluding hydrogens is 270 g/mol. The number of Topliss-reactive ketones (excluding diaryl/α,β-unsaturated/α-hetero) is 1. The topological polar surface area (TPSA) is 43.1 Å². The standard InChI is InChI=1S/C14H15NO.3C2H6/c1-10(16)14(15)9-11-6-7-12-4-2-3-5-13(12)8-11;3*1-2/h2-8,14H,9,15H2,1H3;3*1-2H3. The lowest BCUT2D eigenvalue weighted by molar-refractivity contribution is -0.118. The third-order valence-electron chi connectivity index (χ3n) is 2.79. The lowest BCUT2D eigenvalue weighted by Crippen LogP contribution is -2.30. The SMILES string of the molecule is CC.CC.CC.CC(=O)C(N)Cc1ccc2ccccc2c1. The molecule has 0 fully saturated rings. The van der Waals surface area contributed by atoms with Gasteiger partial charge in [-0.2, -0.15) is 0 Å². The molecule has 2 heteroatoms. The van der Waals surface area contributed by atoms with Gasteiger partial charge in [-0.3, -0.25) is 4.79 Å². The quantitative estimate of drug-likeness (QED) is 0.827. The van der Waals surface area contributed by atoms with E-state index in [1.165, 1.54) is 17.7 Å². The Morgan fingerprint density at radius 2 is 1.41 bits per heavy atom. The molecule has 0 heterocycles. The van der Waals surface area contributed by atoms with Gasteiger partial charge < -0.3 is 5.73 Å². The molecule has 0 aliphatic rings. The third kappa shape index (κ3) is 7.94. The highest BCUT2D eigenvalue weighted by molar-refractivity contribution is 5.84. The van der Waals surface area contributed by atoms with Gasteiger partial charge in [0, 0.05) is 0 Å². The van der Waals surface area contributed by atoms with Gasteiger partial charge in [-0.05, 0) is 29.7 Å². The van der Waals surface area contributed by atoms with Crippen molar-refractivity contribution in [3.63, 3.8) is 0 Å². The van der Waals surface area contributed by atoms with Crippen LogP contribution in [0.15, 0.2) is 42.5 Å². The minimum Gasteiger partial charge on any atom is -0.321 e. The molecule has 2 N–H and O–H groups in total. The maximum atomic E-state index is 11.1. The van der Waals surface area contributed by atoms with Crippen molar-refractivity contribution >= 4 is 16.6 Å². The Bertz CT molecular complexity index is 520. The van der Waals surface area contributed by atoms with E-state index in [1.54, 1.807) is 0 Å². The van der Waals surface area contributed by atoms with Crippen LogP contribution in [0.5, 0.6) is 0 Å². The fraction of sp³-hybridized carbons (Fsp3) is 0.450. The molecule has 1 unspecified atom stereocenters. The second-order valence-electron chi connectivity index (χ2n) is 4.10. The number of nitrogens with two attached hydrogens (primary N) is 1. The first-order valence-electron chi connectivity index (χ1n) is 8.40. The number of rotatable bonds is 3. The van der Waals surface area contributed by atoms with Crippen molar-refractivity contribution in [3.05, 3.63) is 48.0 Å². The molecule has 0 spiro atoms. The predicted octanol–water partition coefficient (Wildman–Crippen LogP) is 5.38. The van der Waals surface area contributed by atoms with Gasteiger partial charge in [-0.15, -0.1) is 0 Å². The highest BCUT2D eigenvalue weighted by Gasteiger charge is 2.08. The molecule has 2 rings (SSSR count). The van der Waals surface area contributed by atoms with E-state index < -0.39 is 0 Å². The van der Waals surface area contributed by atoms with Crippen molar-refractivity contribution < 1.29 is 4.79 Å². The van der Waals surface area contributed by atoms with Crippen LogP contribution < -0.4 is 5.73 Å². The fourth-order valence-corrected chi connectivity index (χ4v) is 1.76. The van der Waals surface area contributed by atoms with Gasteiger partial charge in [0.2, 0.25) is 0 Å². The van der Waals surface area contributed by atoms with E-state index in [9.17, 15) is 4.79 Å². The van der Waals surface area contributed by atoms with E-state index >= 15 is 0 Å². The van der Waals surface area contributed by atoms with Gasteiger partial charge in [0.25, 0.3) is 0 Å². The molecule has 0 saturated heterocycles. The molecule has 0 radical (unpaired) electrons. The average Bonchev–Trinajstić information content (AvgIpc) is 2.60. The lowest BCUT2D eigenvalue weighted by atomic mass is 10.0. The summed E-state index contributed by atoms with van der Waals surface area (Å²) < 4.78 is 0. The highest BCUT2D eigenvalue weighted by atomic mass is 16.1. The van der Waals surface area contributed by atoms with Crippen molar-refractivity contribution in [3.8, 4) is 0 Å². The maximum Gasteiger partial charge on any atom is 0.146 e. The summed E-state index contributed by atoms with van der Waals surface area (Å²) in [4.78, 5) is 11.1. The second-order valence-corrected chi connectivity index (χ2v) is 4.10. The monoisotopic (exact) mass is 303 g/mol. The Balaban J connectivity index is 0. The Morgan fingerprint density at radius 1 is 0.909 bits per heavy atom. The highest BCUT2D eigenvalue weighted by Crippen LogP contribution is 2.16. The Hall–Kier alpha value is -1.67. The zero-order chi connectivity index (χ0) is 17.5. The maximum absolute atomic E-state index is 11.1. The van der Waals surface area contributed by atoms with Crippen LogP contribution in [0.4, 0.5) is 0 Å². The van der Waals surface area contributed by atoms with Gasteiger partial charge >= 0.3 is 0 Å². The van der Waals surface area contributed by atoms with Crippen LogP contribution in [0.3, 0.4) is 0 Å². The summed E-state index contributed by atoms with van der Waals surface area (Å²) in [5, 5.41) is 2.40. The number of hydrogen-bond donors (Lipinski definition) is 1. The average molecular weight is 303 g/mol. The van der Waals surface area contributed by atoms with Crippen LogP contribution in [0.25, 0.3) is 10.8 Å². The number of fused-ring (bicyclic) bond motifs is 1. The minimum atomic E-state index is -0.388. The summed E-state index contributed by atoms with van der Waals surface area (Å²) in [5.41, 5.74) is 6.86. The first-order chi connectivity index (χ1) is 10.7. The zero-order valence-corrected chi connectivity index (χ0v) is 15.3. The number of ketones is 1. The van der Waals surface area contributed by atoms with Crippen LogP contribution in [0, 0.1) is 0 Å². The van der Waals surface area contributed by atoms with E-state index in [2.05, 4.69) is 24.3 Å². The molecule has 2 aromatic rings. The molecule has 0 saturated carbocycles. The normalized spacial score (nSPS) is 10.0. The van der Waals surface area contributed by atoms with E-state index in [1.807, 2.05) is 59.7 Å². The number of hydrogen-bond acceptors (Lipinski definition) is 2. The van der Waals surface area contributed by atoms with E-state index in [0.717, 1.165) is 5.56 Å². The van der Waals surface area contributed by atoms with Crippen LogP contribution >= 0.6 is 0 Å². The van der Waals surface area contributed by atoms with E-state index in [0.29, 0.717) is 6.42 Å². The van der Waals surface area contributed by atoms with Gasteiger partial charge in [0.15, 0.2) is 0 Å². The summed E-state index contributed by atoms with van der Waals surface area (Å²) >= 11 is 0. The summed E-state index contributed by atoms with van der Waals surface area (Å²) in [5.74, 6) is 0.0353. The van der Waals surface area contributed by atoms with Crippen LogP contribution in [0.1, 0.15) is 54.0 Å². The second kappa shape index (κ2) is 14.3. The summed E-state index contributed by atoms with van der Waals surface area (Å²) in [6.07, 6.45) is 0.611. The first kappa shape index (κ1) is 22.6. The zero-order valence-electron chi connectivity index (χ0n) is 15.3. The summed E-state index contributed by atoms with van der Waals surface area (Å²) in [6, 6.07) is 14.0. The van der Waals surface area contributed by atoms with Crippen molar-refractivity contribution in [2.45, 2.75) is 60.9 Å². The van der Waals surface area contributed by atoms with Crippen LogP contribution in [-0.4, -0.2) is 11.8 Å². The molecular formula is C20H33NO. The first-order valence-corrected chi connectivity index (χ1v) is 8.40. The predicted molar refractivity (Wildman–Crippen MR) is 100 cm³/mol. The van der Waals surface area contributed by atoms with Gasteiger partial charge in [0.05, 0.1) is 6.04 Å². The number of carbonyl (C=O) groups is 1. The van der Waals surface area contributed by atoms with Gasteiger partial charge in [0.1, 0.15) is 5.78 Å². The Morgan fingerprint density at radius 3 is 1.91 bits per heavy atom. The van der Waals surface area contributed by atoms with Gasteiger partial charge in [-0.25, -0.2) is 0 Å². The molecule has 0 aliphatic heterocycles. The number of benzene rings is 2.